The smallest absolute Gasteiger partial charge is 0.339 e. The Morgan fingerprint density at radius 1 is 1.07 bits per heavy atom. The molecule has 0 radical (unpaired) electrons. The van der Waals surface area contributed by atoms with Crippen molar-refractivity contribution in [2.75, 3.05) is 11.9 Å². The Balaban J connectivity index is 1.60. The van der Waals surface area contributed by atoms with Gasteiger partial charge in [-0.25, -0.2) is 4.79 Å². The number of rotatable bonds is 4. The van der Waals surface area contributed by atoms with Crippen molar-refractivity contribution in [1.29, 1.82) is 0 Å². The maximum Gasteiger partial charge on any atom is 0.339 e. The third-order valence-electron chi connectivity index (χ3n) is 4.82. The van der Waals surface area contributed by atoms with E-state index in [2.05, 4.69) is 5.32 Å². The Hall–Kier alpha value is -2.21. The third-order valence-corrected chi connectivity index (χ3v) is 5.86. The Kier molecular flexibility index (Phi) is 5.47. The van der Waals surface area contributed by atoms with E-state index in [0.29, 0.717) is 34.0 Å². The van der Waals surface area contributed by atoms with Crippen molar-refractivity contribution in [1.82, 2.24) is 0 Å². The number of carbonyl (C=O) groups is 1. The highest BCUT2D eigenvalue weighted by Crippen LogP contribution is 2.35. The highest BCUT2D eigenvalue weighted by atomic mass is 35.5. The van der Waals surface area contributed by atoms with Crippen LogP contribution in [0.3, 0.4) is 0 Å². The number of benzene rings is 2. The first-order chi connectivity index (χ1) is 13.8. The highest BCUT2D eigenvalue weighted by Gasteiger charge is 2.23. The first kappa shape index (κ1) is 20.1. The van der Waals surface area contributed by atoms with Crippen molar-refractivity contribution in [3.05, 3.63) is 66.4 Å². The van der Waals surface area contributed by atoms with Crippen molar-refractivity contribution in [2.45, 2.75) is 26.2 Å². The maximum absolute atomic E-state index is 12.4. The average molecular weight is 453 g/mol. The molecule has 150 valence electrons. The van der Waals surface area contributed by atoms with Crippen LogP contribution in [0, 0.1) is 6.92 Å². The van der Waals surface area contributed by atoms with Gasteiger partial charge in [0.1, 0.15) is 11.3 Å². The van der Waals surface area contributed by atoms with E-state index in [4.69, 9.17) is 44.0 Å². The zero-order valence-corrected chi connectivity index (χ0v) is 17.7. The third kappa shape index (κ3) is 3.95. The number of aryl methyl sites for hydroxylation is 2. The molecule has 29 heavy (non-hydrogen) atoms. The van der Waals surface area contributed by atoms with Gasteiger partial charge in [-0.3, -0.25) is 4.79 Å². The van der Waals surface area contributed by atoms with E-state index in [9.17, 15) is 9.59 Å². The van der Waals surface area contributed by atoms with Crippen LogP contribution in [0.15, 0.2) is 33.5 Å². The van der Waals surface area contributed by atoms with Gasteiger partial charge in [0, 0.05) is 5.56 Å². The van der Waals surface area contributed by atoms with E-state index >= 15 is 0 Å². The molecule has 1 amide bonds. The summed E-state index contributed by atoms with van der Waals surface area (Å²) in [5, 5.41) is 4.26. The van der Waals surface area contributed by atoms with Gasteiger partial charge in [-0.2, -0.15) is 0 Å². The van der Waals surface area contributed by atoms with Crippen molar-refractivity contribution < 1.29 is 13.9 Å². The summed E-state index contributed by atoms with van der Waals surface area (Å²) in [4.78, 5) is 24.6. The van der Waals surface area contributed by atoms with Crippen LogP contribution in [0.5, 0.6) is 5.75 Å². The quantitative estimate of drug-likeness (QED) is 0.415. The van der Waals surface area contributed by atoms with Crippen molar-refractivity contribution in [3.63, 3.8) is 0 Å². The number of hydrogen-bond acceptors (Lipinski definition) is 4. The number of hydrogen-bond donors (Lipinski definition) is 1. The fourth-order valence-electron chi connectivity index (χ4n) is 3.57. The zero-order valence-electron chi connectivity index (χ0n) is 15.4. The lowest BCUT2D eigenvalue weighted by atomic mass is 10.0. The van der Waals surface area contributed by atoms with Crippen LogP contribution >= 0.6 is 34.8 Å². The topological polar surface area (TPSA) is 68.5 Å². The Bertz CT molecular complexity index is 1200. The molecule has 0 unspecified atom stereocenters. The SMILES string of the molecule is Cc1cc(OCC(=O)Nc2cc(Cl)c(Cl)cc2Cl)c2c3c(c(=O)oc2c1)CCC3. The molecule has 0 bridgehead atoms. The molecule has 5 nitrogen and oxygen atoms in total. The van der Waals surface area contributed by atoms with Gasteiger partial charge in [-0.1, -0.05) is 34.8 Å². The summed E-state index contributed by atoms with van der Waals surface area (Å²) in [6.45, 7) is 1.62. The van der Waals surface area contributed by atoms with Gasteiger partial charge in [0.15, 0.2) is 6.61 Å². The van der Waals surface area contributed by atoms with Gasteiger partial charge in [-0.05, 0) is 61.6 Å². The molecule has 8 heteroatoms. The van der Waals surface area contributed by atoms with Crippen LogP contribution in [0.25, 0.3) is 11.0 Å². The summed E-state index contributed by atoms with van der Waals surface area (Å²) in [7, 11) is 0. The second kappa shape index (κ2) is 7.90. The number of carbonyl (C=O) groups excluding carboxylic acids is 1. The molecule has 4 rings (SSSR count). The van der Waals surface area contributed by atoms with E-state index in [-0.39, 0.29) is 22.3 Å². The summed E-state index contributed by atoms with van der Waals surface area (Å²) in [5.74, 6) is 0.103. The second-order valence-electron chi connectivity index (χ2n) is 6.92. The number of fused-ring (bicyclic) bond motifs is 3. The van der Waals surface area contributed by atoms with Crippen molar-refractivity contribution in [3.8, 4) is 5.75 Å². The van der Waals surface area contributed by atoms with Crippen LogP contribution in [0.2, 0.25) is 15.1 Å². The van der Waals surface area contributed by atoms with Crippen LogP contribution < -0.4 is 15.7 Å². The fraction of sp³-hybridized carbons (Fsp3) is 0.238. The summed E-state index contributed by atoms with van der Waals surface area (Å²) < 4.78 is 11.3. The maximum atomic E-state index is 12.4. The normalized spacial score (nSPS) is 12.8. The van der Waals surface area contributed by atoms with Crippen molar-refractivity contribution >= 4 is 57.4 Å². The molecule has 2 aromatic carbocycles. The molecule has 0 atom stereocenters. The molecule has 0 fully saturated rings. The van der Waals surface area contributed by atoms with Gasteiger partial charge in [0.2, 0.25) is 0 Å². The summed E-state index contributed by atoms with van der Waals surface area (Å²) in [6, 6.07) is 6.58. The molecule has 0 aliphatic heterocycles. The molecule has 1 aromatic heterocycles. The van der Waals surface area contributed by atoms with Crippen LogP contribution in [-0.4, -0.2) is 12.5 Å². The first-order valence-electron chi connectivity index (χ1n) is 9.00. The second-order valence-corrected chi connectivity index (χ2v) is 8.14. The molecule has 1 heterocycles. The van der Waals surface area contributed by atoms with Crippen molar-refractivity contribution in [2.24, 2.45) is 0 Å². The summed E-state index contributed by atoms with van der Waals surface area (Å²) >= 11 is 18.0. The van der Waals surface area contributed by atoms with E-state index in [1.54, 1.807) is 6.07 Å². The Morgan fingerprint density at radius 3 is 2.59 bits per heavy atom. The van der Waals surface area contributed by atoms with E-state index in [0.717, 1.165) is 29.4 Å². The minimum absolute atomic E-state index is 0.247. The number of halogens is 3. The summed E-state index contributed by atoms with van der Waals surface area (Å²) in [6.07, 6.45) is 2.36. The average Bonchev–Trinajstić information content (AvgIpc) is 3.14. The number of nitrogens with one attached hydrogen (secondary N) is 1. The number of anilines is 1. The highest BCUT2D eigenvalue weighted by molar-refractivity contribution is 6.44. The molecule has 1 aliphatic carbocycles. The van der Waals surface area contributed by atoms with Gasteiger partial charge >= 0.3 is 5.63 Å². The summed E-state index contributed by atoms with van der Waals surface area (Å²) in [5.41, 5.74) is 3.02. The molecule has 1 N–H and O–H groups in total. The van der Waals surface area contributed by atoms with E-state index in [1.165, 1.54) is 12.1 Å². The Labute approximate surface area is 181 Å². The fourth-order valence-corrected chi connectivity index (χ4v) is 4.16. The minimum Gasteiger partial charge on any atom is -0.483 e. The van der Waals surface area contributed by atoms with Gasteiger partial charge in [0.05, 0.1) is 26.1 Å². The van der Waals surface area contributed by atoms with E-state index < -0.39 is 5.91 Å². The zero-order chi connectivity index (χ0) is 20.7. The molecule has 0 saturated heterocycles. The largest absolute Gasteiger partial charge is 0.483 e. The van der Waals surface area contributed by atoms with E-state index in [1.807, 2.05) is 13.0 Å². The standard InChI is InChI=1S/C21H16Cl3NO4/c1-10-5-17(20-11-3-2-4-12(11)21(27)29-18(20)6-10)28-9-19(26)25-16-8-14(23)13(22)7-15(16)24/h5-8H,2-4,9H2,1H3,(H,25,26). The molecular formula is C21H16Cl3NO4. The molecular weight excluding hydrogens is 437 g/mol. The van der Waals surface area contributed by atoms with Crippen LogP contribution in [0.4, 0.5) is 5.69 Å². The van der Waals surface area contributed by atoms with Gasteiger partial charge in [-0.15, -0.1) is 0 Å². The monoisotopic (exact) mass is 451 g/mol. The van der Waals surface area contributed by atoms with Gasteiger partial charge < -0.3 is 14.5 Å². The molecule has 0 spiro atoms. The lowest BCUT2D eigenvalue weighted by Crippen LogP contribution is -2.20. The molecule has 0 saturated carbocycles. The van der Waals surface area contributed by atoms with Gasteiger partial charge in [0.25, 0.3) is 5.91 Å². The minimum atomic E-state index is -0.408. The predicted molar refractivity (Wildman–Crippen MR) is 115 cm³/mol. The first-order valence-corrected chi connectivity index (χ1v) is 10.1. The number of amides is 1. The molecule has 3 aromatic rings. The number of ether oxygens (including phenoxy) is 1. The van der Waals surface area contributed by atoms with Crippen LogP contribution in [0.1, 0.15) is 23.1 Å². The lowest BCUT2D eigenvalue weighted by molar-refractivity contribution is -0.118. The molecule has 1 aliphatic rings. The van der Waals surface area contributed by atoms with Crippen LogP contribution in [-0.2, 0) is 17.6 Å². The lowest BCUT2D eigenvalue weighted by Gasteiger charge is -2.13. The Morgan fingerprint density at radius 2 is 1.79 bits per heavy atom. The predicted octanol–water partition coefficient (Wildman–Crippen LogP) is 5.57.